The summed E-state index contributed by atoms with van der Waals surface area (Å²) in [5, 5.41) is 2.83. The summed E-state index contributed by atoms with van der Waals surface area (Å²) in [4.78, 5) is 28.8. The molecule has 2 amide bonds. The lowest BCUT2D eigenvalue weighted by atomic mass is 9.97. The maximum absolute atomic E-state index is 12.7. The molecule has 1 aromatic heterocycles. The van der Waals surface area contributed by atoms with E-state index in [0.717, 1.165) is 4.88 Å². The number of aryl methyl sites for hydroxylation is 1. The van der Waals surface area contributed by atoms with Crippen molar-refractivity contribution in [3.05, 3.63) is 21.9 Å². The molecular formula is C15H22N2O2S. The summed E-state index contributed by atoms with van der Waals surface area (Å²) in [7, 11) is 0. The predicted octanol–water partition coefficient (Wildman–Crippen LogP) is 2.49. The fourth-order valence-electron chi connectivity index (χ4n) is 2.61. The van der Waals surface area contributed by atoms with Gasteiger partial charge in [-0.2, -0.15) is 0 Å². The lowest BCUT2D eigenvalue weighted by Crippen LogP contribution is -2.64. The molecule has 20 heavy (non-hydrogen) atoms. The van der Waals surface area contributed by atoms with Crippen LogP contribution in [0.5, 0.6) is 0 Å². The van der Waals surface area contributed by atoms with Crippen LogP contribution in [-0.2, 0) is 9.59 Å². The van der Waals surface area contributed by atoms with E-state index in [2.05, 4.69) is 11.4 Å². The second kappa shape index (κ2) is 5.56. The number of hydrogen-bond acceptors (Lipinski definition) is 3. The Morgan fingerprint density at radius 2 is 1.90 bits per heavy atom. The monoisotopic (exact) mass is 294 g/mol. The normalized spacial score (nSPS) is 25.0. The largest absolute Gasteiger partial charge is 0.342 e. The Labute approximate surface area is 124 Å². The minimum Gasteiger partial charge on any atom is -0.342 e. The molecule has 110 valence electrons. The summed E-state index contributed by atoms with van der Waals surface area (Å²) in [6, 6.07) is 3.19. The van der Waals surface area contributed by atoms with Gasteiger partial charge in [-0.05, 0) is 38.8 Å². The molecule has 0 aliphatic carbocycles. The molecule has 1 aliphatic rings. The number of nitrogens with one attached hydrogen (secondary N) is 1. The highest BCUT2D eigenvalue weighted by Crippen LogP contribution is 2.31. The van der Waals surface area contributed by atoms with E-state index < -0.39 is 12.1 Å². The Hall–Kier alpha value is -1.36. The highest BCUT2D eigenvalue weighted by molar-refractivity contribution is 7.12. The zero-order chi connectivity index (χ0) is 15.0. The van der Waals surface area contributed by atoms with Crippen molar-refractivity contribution in [3.8, 4) is 0 Å². The molecule has 3 unspecified atom stereocenters. The zero-order valence-electron chi connectivity index (χ0n) is 12.6. The minimum atomic E-state index is -0.421. The van der Waals surface area contributed by atoms with Crippen molar-refractivity contribution < 1.29 is 9.59 Å². The fourth-order valence-corrected chi connectivity index (χ4v) is 3.53. The topological polar surface area (TPSA) is 49.4 Å². The molecule has 1 aromatic rings. The first-order valence-electron chi connectivity index (χ1n) is 7.01. The average molecular weight is 294 g/mol. The first kappa shape index (κ1) is 15.0. The lowest BCUT2D eigenvalue weighted by Gasteiger charge is -2.41. The summed E-state index contributed by atoms with van der Waals surface area (Å²) in [6.45, 7) is 9.75. The van der Waals surface area contributed by atoms with Crippen molar-refractivity contribution in [3.63, 3.8) is 0 Å². The van der Waals surface area contributed by atoms with E-state index in [1.165, 1.54) is 4.88 Å². The summed E-state index contributed by atoms with van der Waals surface area (Å²) in [5.41, 5.74) is 0. The molecule has 0 saturated carbocycles. The van der Waals surface area contributed by atoms with Crippen LogP contribution in [-0.4, -0.2) is 28.8 Å². The molecule has 5 heteroatoms. The van der Waals surface area contributed by atoms with Gasteiger partial charge in [-0.25, -0.2) is 0 Å². The van der Waals surface area contributed by atoms with Crippen LogP contribution in [0.1, 0.15) is 43.5 Å². The van der Waals surface area contributed by atoms with E-state index in [1.54, 1.807) is 23.2 Å². The van der Waals surface area contributed by atoms with Gasteiger partial charge in [0.1, 0.15) is 12.1 Å². The Kier molecular flexibility index (Phi) is 4.18. The number of hydrogen-bond donors (Lipinski definition) is 1. The number of piperazine rings is 1. The quantitative estimate of drug-likeness (QED) is 0.931. The highest BCUT2D eigenvalue weighted by Gasteiger charge is 2.42. The number of carbonyl (C=O) groups excluding carboxylic acids is 2. The molecule has 0 aromatic carbocycles. The van der Waals surface area contributed by atoms with Crippen LogP contribution in [0.15, 0.2) is 12.1 Å². The first-order chi connectivity index (χ1) is 9.32. The molecule has 1 fully saturated rings. The van der Waals surface area contributed by atoms with Crippen molar-refractivity contribution in [2.75, 3.05) is 0 Å². The van der Waals surface area contributed by atoms with Gasteiger partial charge in [-0.3, -0.25) is 9.59 Å². The standard InChI is InChI=1S/C15H22N2O2S/c1-8(2)13-15(19)17(11(5)14(18)16-13)10(4)12-7-6-9(3)20-12/h6-8,10-11,13H,1-5H3,(H,16,18). The summed E-state index contributed by atoms with van der Waals surface area (Å²) >= 11 is 1.68. The van der Waals surface area contributed by atoms with E-state index >= 15 is 0 Å². The van der Waals surface area contributed by atoms with Crippen molar-refractivity contribution in [1.82, 2.24) is 10.2 Å². The molecule has 1 N–H and O–H groups in total. The van der Waals surface area contributed by atoms with Crippen LogP contribution < -0.4 is 5.32 Å². The van der Waals surface area contributed by atoms with E-state index in [1.807, 2.05) is 33.8 Å². The average Bonchev–Trinajstić information content (AvgIpc) is 2.80. The van der Waals surface area contributed by atoms with E-state index in [0.29, 0.717) is 0 Å². The first-order valence-corrected chi connectivity index (χ1v) is 7.83. The molecule has 0 radical (unpaired) electrons. The number of carbonyl (C=O) groups is 2. The van der Waals surface area contributed by atoms with Crippen LogP contribution in [0.2, 0.25) is 0 Å². The van der Waals surface area contributed by atoms with Gasteiger partial charge in [0.25, 0.3) is 0 Å². The third kappa shape index (κ3) is 2.59. The molecule has 2 rings (SSSR count). The van der Waals surface area contributed by atoms with Crippen LogP contribution in [0.3, 0.4) is 0 Å². The second-order valence-corrected chi connectivity index (χ2v) is 7.10. The number of thiophene rings is 1. The van der Waals surface area contributed by atoms with Crippen LogP contribution >= 0.6 is 11.3 Å². The maximum atomic E-state index is 12.7. The molecule has 3 atom stereocenters. The third-order valence-corrected chi connectivity index (χ3v) is 5.04. The second-order valence-electron chi connectivity index (χ2n) is 5.78. The van der Waals surface area contributed by atoms with Crippen LogP contribution in [0.4, 0.5) is 0 Å². The Balaban J connectivity index is 2.31. The predicted molar refractivity (Wildman–Crippen MR) is 80.5 cm³/mol. The van der Waals surface area contributed by atoms with Gasteiger partial charge in [0.2, 0.25) is 11.8 Å². The highest BCUT2D eigenvalue weighted by atomic mass is 32.1. The third-order valence-electron chi connectivity index (χ3n) is 3.87. The van der Waals surface area contributed by atoms with E-state index in [4.69, 9.17) is 0 Å². The molecule has 2 heterocycles. The SMILES string of the molecule is Cc1ccc(C(C)N2C(=O)C(C(C)C)NC(=O)C2C)s1. The van der Waals surface area contributed by atoms with Gasteiger partial charge < -0.3 is 10.2 Å². The van der Waals surface area contributed by atoms with Crippen molar-refractivity contribution >= 4 is 23.2 Å². The molecule has 0 bridgehead atoms. The lowest BCUT2D eigenvalue weighted by molar-refractivity contribution is -0.152. The minimum absolute atomic E-state index is 0.0191. The van der Waals surface area contributed by atoms with Gasteiger partial charge in [0.15, 0.2) is 0 Å². The number of amides is 2. The van der Waals surface area contributed by atoms with Crippen LogP contribution in [0, 0.1) is 12.8 Å². The molecule has 1 saturated heterocycles. The van der Waals surface area contributed by atoms with Crippen molar-refractivity contribution in [2.24, 2.45) is 5.92 Å². The number of rotatable bonds is 3. The van der Waals surface area contributed by atoms with Gasteiger partial charge in [0, 0.05) is 9.75 Å². The van der Waals surface area contributed by atoms with Gasteiger partial charge in [0.05, 0.1) is 6.04 Å². The van der Waals surface area contributed by atoms with E-state index in [9.17, 15) is 9.59 Å². The molecular weight excluding hydrogens is 272 g/mol. The Morgan fingerprint density at radius 3 is 2.40 bits per heavy atom. The van der Waals surface area contributed by atoms with Crippen molar-refractivity contribution in [2.45, 2.75) is 52.7 Å². The van der Waals surface area contributed by atoms with Gasteiger partial charge in [-0.15, -0.1) is 11.3 Å². The van der Waals surface area contributed by atoms with Crippen LogP contribution in [0.25, 0.3) is 0 Å². The zero-order valence-corrected chi connectivity index (χ0v) is 13.5. The smallest absolute Gasteiger partial charge is 0.246 e. The molecule has 1 aliphatic heterocycles. The van der Waals surface area contributed by atoms with Crippen molar-refractivity contribution in [1.29, 1.82) is 0 Å². The summed E-state index contributed by atoms with van der Waals surface area (Å²) in [6.07, 6.45) is 0. The number of nitrogens with zero attached hydrogens (tertiary/aromatic N) is 1. The maximum Gasteiger partial charge on any atom is 0.246 e. The van der Waals surface area contributed by atoms with E-state index in [-0.39, 0.29) is 23.8 Å². The molecule has 0 spiro atoms. The summed E-state index contributed by atoms with van der Waals surface area (Å²) < 4.78 is 0. The molecule has 4 nitrogen and oxygen atoms in total. The fraction of sp³-hybridized carbons (Fsp3) is 0.600. The van der Waals surface area contributed by atoms with Gasteiger partial charge >= 0.3 is 0 Å². The van der Waals surface area contributed by atoms with Gasteiger partial charge in [-0.1, -0.05) is 13.8 Å². The Bertz CT molecular complexity index is 524. The Morgan fingerprint density at radius 1 is 1.25 bits per heavy atom. The summed E-state index contributed by atoms with van der Waals surface area (Å²) in [5.74, 6) is 0.0489.